The number of fused-ring (bicyclic) bond motifs is 3. The van der Waals surface area contributed by atoms with Crippen LogP contribution in [-0.4, -0.2) is 30.5 Å². The Labute approximate surface area is 173 Å². The van der Waals surface area contributed by atoms with Crippen LogP contribution >= 0.6 is 0 Å². The first-order chi connectivity index (χ1) is 14.2. The second kappa shape index (κ2) is 8.32. The van der Waals surface area contributed by atoms with Gasteiger partial charge in [-0.05, 0) is 62.9 Å². The molecule has 3 atom stereocenters. The van der Waals surface area contributed by atoms with Crippen LogP contribution in [0, 0.1) is 5.92 Å². The van der Waals surface area contributed by atoms with Gasteiger partial charge in [0.25, 0.3) is 5.91 Å². The van der Waals surface area contributed by atoms with Crippen LogP contribution in [0.4, 0.5) is 5.69 Å². The molecule has 2 aromatic rings. The van der Waals surface area contributed by atoms with Crippen LogP contribution in [0.2, 0.25) is 0 Å². The standard InChI is InChI=1S/C25H30N2O2/c1-4-27(5-2)25(28)17-14-15-22-21(16-17)18-11-9-12-19(18)24(26-22)20-10-7-8-13-23(20)29-6-3/h7-11,13-16,18-19,24,26H,4-6,12H2,1-3H3. The van der Waals surface area contributed by atoms with Gasteiger partial charge in [0.2, 0.25) is 0 Å². The Kier molecular flexibility index (Phi) is 5.61. The minimum atomic E-state index is 0.111. The molecule has 0 aromatic heterocycles. The Morgan fingerprint density at radius 1 is 1.10 bits per heavy atom. The number of benzene rings is 2. The third-order valence-corrected chi connectivity index (χ3v) is 6.21. The van der Waals surface area contributed by atoms with Gasteiger partial charge >= 0.3 is 0 Å². The molecule has 0 radical (unpaired) electrons. The Morgan fingerprint density at radius 2 is 1.90 bits per heavy atom. The number of amides is 1. The van der Waals surface area contributed by atoms with Gasteiger partial charge in [-0.3, -0.25) is 4.79 Å². The molecule has 152 valence electrons. The number of nitrogens with one attached hydrogen (secondary N) is 1. The van der Waals surface area contributed by atoms with Gasteiger partial charge in [-0.15, -0.1) is 0 Å². The number of anilines is 1. The molecule has 0 fully saturated rings. The van der Waals surface area contributed by atoms with E-state index in [1.165, 1.54) is 11.1 Å². The van der Waals surface area contributed by atoms with Gasteiger partial charge in [-0.1, -0.05) is 30.4 Å². The molecule has 4 heteroatoms. The van der Waals surface area contributed by atoms with Crippen molar-refractivity contribution in [3.63, 3.8) is 0 Å². The molecule has 1 amide bonds. The summed E-state index contributed by atoms with van der Waals surface area (Å²) in [5.41, 5.74) is 4.33. The van der Waals surface area contributed by atoms with Crippen molar-refractivity contribution >= 4 is 11.6 Å². The highest BCUT2D eigenvalue weighted by atomic mass is 16.5. The van der Waals surface area contributed by atoms with E-state index in [1.54, 1.807) is 0 Å². The number of carbonyl (C=O) groups is 1. The third-order valence-electron chi connectivity index (χ3n) is 6.21. The van der Waals surface area contributed by atoms with E-state index in [0.717, 1.165) is 36.5 Å². The van der Waals surface area contributed by atoms with Gasteiger partial charge in [0.15, 0.2) is 0 Å². The summed E-state index contributed by atoms with van der Waals surface area (Å²) in [6, 6.07) is 14.7. The van der Waals surface area contributed by atoms with Gasteiger partial charge in [-0.2, -0.15) is 0 Å². The lowest BCUT2D eigenvalue weighted by Crippen LogP contribution is -2.32. The van der Waals surface area contributed by atoms with Crippen LogP contribution < -0.4 is 10.1 Å². The van der Waals surface area contributed by atoms with Crippen LogP contribution in [0.25, 0.3) is 0 Å². The molecule has 0 saturated heterocycles. The maximum atomic E-state index is 12.9. The van der Waals surface area contributed by atoms with Gasteiger partial charge in [-0.25, -0.2) is 0 Å². The number of rotatable bonds is 6. The summed E-state index contributed by atoms with van der Waals surface area (Å²) < 4.78 is 5.92. The number of hydrogen-bond acceptors (Lipinski definition) is 3. The highest BCUT2D eigenvalue weighted by Crippen LogP contribution is 2.51. The predicted octanol–water partition coefficient (Wildman–Crippen LogP) is 5.39. The minimum Gasteiger partial charge on any atom is -0.494 e. The second-order valence-electron chi connectivity index (χ2n) is 7.73. The average molecular weight is 391 g/mol. The quantitative estimate of drug-likeness (QED) is 0.672. The molecule has 2 aromatic carbocycles. The van der Waals surface area contributed by atoms with Crippen LogP contribution in [0.3, 0.4) is 0 Å². The maximum Gasteiger partial charge on any atom is 0.253 e. The van der Waals surface area contributed by atoms with Crippen molar-refractivity contribution in [3.8, 4) is 5.75 Å². The number of ether oxygens (including phenoxy) is 1. The van der Waals surface area contributed by atoms with Crippen LogP contribution in [0.5, 0.6) is 5.75 Å². The fraction of sp³-hybridized carbons (Fsp3) is 0.400. The number of hydrogen-bond donors (Lipinski definition) is 1. The van der Waals surface area contributed by atoms with Crippen LogP contribution in [-0.2, 0) is 0 Å². The Hall–Kier alpha value is -2.75. The summed E-state index contributed by atoms with van der Waals surface area (Å²) in [6.45, 7) is 8.19. The summed E-state index contributed by atoms with van der Waals surface area (Å²) in [4.78, 5) is 14.7. The number of allylic oxidation sites excluding steroid dienone is 2. The lowest BCUT2D eigenvalue weighted by Gasteiger charge is -2.38. The summed E-state index contributed by atoms with van der Waals surface area (Å²) >= 11 is 0. The van der Waals surface area contributed by atoms with Gasteiger partial charge < -0.3 is 15.0 Å². The first-order valence-corrected chi connectivity index (χ1v) is 10.8. The zero-order valence-corrected chi connectivity index (χ0v) is 17.5. The molecule has 0 bridgehead atoms. The monoisotopic (exact) mass is 390 g/mol. The molecule has 0 spiro atoms. The van der Waals surface area contributed by atoms with Crippen molar-refractivity contribution in [2.75, 3.05) is 25.0 Å². The van der Waals surface area contributed by atoms with Crippen molar-refractivity contribution in [1.29, 1.82) is 0 Å². The van der Waals surface area contributed by atoms with Crippen molar-refractivity contribution in [1.82, 2.24) is 4.90 Å². The number of para-hydroxylation sites is 1. The second-order valence-corrected chi connectivity index (χ2v) is 7.73. The molecule has 1 aliphatic carbocycles. The number of carbonyl (C=O) groups excluding carboxylic acids is 1. The summed E-state index contributed by atoms with van der Waals surface area (Å²) in [6.07, 6.45) is 5.62. The van der Waals surface area contributed by atoms with E-state index in [1.807, 2.05) is 37.8 Å². The Balaban J connectivity index is 1.71. The topological polar surface area (TPSA) is 41.6 Å². The first kappa shape index (κ1) is 19.6. The Morgan fingerprint density at radius 3 is 2.66 bits per heavy atom. The first-order valence-electron chi connectivity index (χ1n) is 10.8. The normalized spacial score (nSPS) is 21.8. The fourth-order valence-electron chi connectivity index (χ4n) is 4.75. The van der Waals surface area contributed by atoms with E-state index in [4.69, 9.17) is 4.74 Å². The van der Waals surface area contributed by atoms with E-state index < -0.39 is 0 Å². The fourth-order valence-corrected chi connectivity index (χ4v) is 4.75. The van der Waals surface area contributed by atoms with Crippen molar-refractivity contribution in [2.45, 2.75) is 39.2 Å². The van der Waals surface area contributed by atoms with E-state index >= 15 is 0 Å². The zero-order valence-electron chi connectivity index (χ0n) is 17.5. The SMILES string of the molecule is CCOc1ccccc1C1Nc2ccc(C(=O)N(CC)CC)cc2C2C=CCC21. The molecule has 0 saturated carbocycles. The molecule has 4 nitrogen and oxygen atoms in total. The van der Waals surface area contributed by atoms with Gasteiger partial charge in [0.05, 0.1) is 12.6 Å². The van der Waals surface area contributed by atoms with E-state index in [2.05, 4.69) is 47.8 Å². The zero-order chi connectivity index (χ0) is 20.4. The number of nitrogens with zero attached hydrogens (tertiary/aromatic N) is 1. The van der Waals surface area contributed by atoms with Gasteiger partial charge in [0, 0.05) is 35.8 Å². The third kappa shape index (κ3) is 3.52. The van der Waals surface area contributed by atoms with E-state index in [0.29, 0.717) is 18.4 Å². The molecule has 2 aliphatic rings. The van der Waals surface area contributed by atoms with Gasteiger partial charge in [0.1, 0.15) is 5.75 Å². The highest BCUT2D eigenvalue weighted by Gasteiger charge is 2.39. The highest BCUT2D eigenvalue weighted by molar-refractivity contribution is 5.95. The van der Waals surface area contributed by atoms with E-state index in [-0.39, 0.29) is 11.9 Å². The average Bonchev–Trinajstić information content (AvgIpc) is 3.25. The molecule has 1 N–H and O–H groups in total. The summed E-state index contributed by atoms with van der Waals surface area (Å²) in [5.74, 6) is 1.80. The molecule has 3 unspecified atom stereocenters. The smallest absolute Gasteiger partial charge is 0.253 e. The molecule has 29 heavy (non-hydrogen) atoms. The van der Waals surface area contributed by atoms with Crippen LogP contribution in [0.15, 0.2) is 54.6 Å². The summed E-state index contributed by atoms with van der Waals surface area (Å²) in [5, 5.41) is 3.76. The lowest BCUT2D eigenvalue weighted by atomic mass is 9.76. The Bertz CT molecular complexity index is 917. The van der Waals surface area contributed by atoms with E-state index in [9.17, 15) is 4.79 Å². The lowest BCUT2D eigenvalue weighted by molar-refractivity contribution is 0.0773. The van der Waals surface area contributed by atoms with Crippen LogP contribution in [0.1, 0.15) is 60.6 Å². The molecular formula is C25H30N2O2. The molecule has 1 aliphatic heterocycles. The van der Waals surface area contributed by atoms with Crippen molar-refractivity contribution in [2.24, 2.45) is 5.92 Å². The molecule has 4 rings (SSSR count). The predicted molar refractivity (Wildman–Crippen MR) is 118 cm³/mol. The molecule has 1 heterocycles. The minimum absolute atomic E-state index is 0.111. The summed E-state index contributed by atoms with van der Waals surface area (Å²) in [7, 11) is 0. The van der Waals surface area contributed by atoms with Crippen molar-refractivity contribution < 1.29 is 9.53 Å². The largest absolute Gasteiger partial charge is 0.494 e. The maximum absolute atomic E-state index is 12.9. The van der Waals surface area contributed by atoms with Crippen molar-refractivity contribution in [3.05, 3.63) is 71.3 Å². The molecular weight excluding hydrogens is 360 g/mol.